The number of ether oxygens (including phenoxy) is 1. The van der Waals surface area contributed by atoms with Crippen molar-refractivity contribution in [3.63, 3.8) is 0 Å². The van der Waals surface area contributed by atoms with Gasteiger partial charge in [-0.25, -0.2) is 4.98 Å². The molecular weight excluding hydrogens is 235 g/mol. The van der Waals surface area contributed by atoms with Gasteiger partial charge in [0, 0.05) is 18.3 Å². The molecule has 0 fully saturated rings. The van der Waals surface area contributed by atoms with Crippen LogP contribution < -0.4 is 10.1 Å². The van der Waals surface area contributed by atoms with E-state index in [0.717, 1.165) is 6.42 Å². The molecule has 96 valence electrons. The summed E-state index contributed by atoms with van der Waals surface area (Å²) >= 11 is 0. The number of anilines is 1. The zero-order valence-electron chi connectivity index (χ0n) is 9.64. The highest BCUT2D eigenvalue weighted by Gasteiger charge is 2.28. The van der Waals surface area contributed by atoms with Gasteiger partial charge < -0.3 is 10.1 Å². The predicted molar refractivity (Wildman–Crippen MR) is 57.1 cm³/mol. The van der Waals surface area contributed by atoms with Crippen molar-refractivity contribution in [2.45, 2.75) is 26.4 Å². The summed E-state index contributed by atoms with van der Waals surface area (Å²) in [6, 6.07) is 1.36. The largest absolute Gasteiger partial charge is 0.468 e. The third kappa shape index (κ3) is 5.37. The Morgan fingerprint density at radius 3 is 2.65 bits per heavy atom. The number of hydrogen-bond acceptors (Lipinski definition) is 4. The van der Waals surface area contributed by atoms with E-state index in [2.05, 4.69) is 20.0 Å². The lowest BCUT2D eigenvalue weighted by atomic mass is 10.4. The molecular formula is C10H14F3N3O. The highest BCUT2D eigenvalue weighted by molar-refractivity contribution is 5.30. The minimum atomic E-state index is -4.37. The summed E-state index contributed by atoms with van der Waals surface area (Å²) in [6.07, 6.45) is -3.49. The molecule has 0 aliphatic carbocycles. The van der Waals surface area contributed by atoms with Gasteiger partial charge in [-0.3, -0.25) is 0 Å². The van der Waals surface area contributed by atoms with Gasteiger partial charge in [0.15, 0.2) is 6.61 Å². The fourth-order valence-electron chi connectivity index (χ4n) is 1.09. The van der Waals surface area contributed by atoms with Gasteiger partial charge in [-0.2, -0.15) is 18.2 Å². The van der Waals surface area contributed by atoms with Crippen LogP contribution in [0, 0.1) is 6.92 Å². The Kier molecular flexibility index (Phi) is 4.53. The van der Waals surface area contributed by atoms with Gasteiger partial charge in [-0.15, -0.1) is 0 Å². The molecule has 1 rings (SSSR count). The van der Waals surface area contributed by atoms with Crippen molar-refractivity contribution in [1.29, 1.82) is 0 Å². The lowest BCUT2D eigenvalue weighted by Crippen LogP contribution is -2.20. The van der Waals surface area contributed by atoms with Crippen molar-refractivity contribution in [1.82, 2.24) is 9.97 Å². The fourth-order valence-corrected chi connectivity index (χ4v) is 1.09. The second kappa shape index (κ2) is 5.70. The first kappa shape index (κ1) is 13.5. The van der Waals surface area contributed by atoms with Crippen LogP contribution in [0.5, 0.6) is 5.88 Å². The van der Waals surface area contributed by atoms with Gasteiger partial charge in [0.2, 0.25) is 11.8 Å². The van der Waals surface area contributed by atoms with E-state index in [1.807, 2.05) is 6.92 Å². The molecule has 0 aliphatic heterocycles. The van der Waals surface area contributed by atoms with Crippen LogP contribution >= 0.6 is 0 Å². The smallest absolute Gasteiger partial charge is 0.422 e. The van der Waals surface area contributed by atoms with E-state index in [0.29, 0.717) is 12.2 Å². The van der Waals surface area contributed by atoms with Gasteiger partial charge in [-0.1, -0.05) is 6.92 Å². The summed E-state index contributed by atoms with van der Waals surface area (Å²) in [5, 5.41) is 2.89. The van der Waals surface area contributed by atoms with E-state index < -0.39 is 12.8 Å². The number of halogens is 3. The Morgan fingerprint density at radius 2 is 2.06 bits per heavy atom. The Labute approximate surface area is 97.2 Å². The van der Waals surface area contributed by atoms with Gasteiger partial charge in [0.25, 0.3) is 0 Å². The molecule has 0 saturated heterocycles. The monoisotopic (exact) mass is 249 g/mol. The van der Waals surface area contributed by atoms with Gasteiger partial charge in [0.1, 0.15) is 0 Å². The lowest BCUT2D eigenvalue weighted by Gasteiger charge is -2.10. The summed E-state index contributed by atoms with van der Waals surface area (Å²) < 4.78 is 40.4. The molecule has 0 unspecified atom stereocenters. The van der Waals surface area contributed by atoms with Crippen LogP contribution in [-0.4, -0.2) is 29.3 Å². The summed E-state index contributed by atoms with van der Waals surface area (Å²) in [5.41, 5.74) is 0.552. The molecule has 0 spiro atoms. The number of hydrogen-bond donors (Lipinski definition) is 1. The van der Waals surface area contributed by atoms with E-state index in [1.165, 1.54) is 6.07 Å². The molecule has 1 aromatic rings. The second-order valence-electron chi connectivity index (χ2n) is 3.50. The molecule has 7 heteroatoms. The number of nitrogens with one attached hydrogen (secondary N) is 1. The third-order valence-corrected chi connectivity index (χ3v) is 1.75. The normalized spacial score (nSPS) is 11.4. The quantitative estimate of drug-likeness (QED) is 0.871. The van der Waals surface area contributed by atoms with Crippen molar-refractivity contribution in [3.8, 4) is 5.88 Å². The van der Waals surface area contributed by atoms with Gasteiger partial charge in [-0.05, 0) is 13.3 Å². The van der Waals surface area contributed by atoms with Crippen LogP contribution in [0.4, 0.5) is 19.1 Å². The molecule has 0 atom stereocenters. The summed E-state index contributed by atoms with van der Waals surface area (Å²) in [5.74, 6) is 0.206. The Morgan fingerprint density at radius 1 is 1.35 bits per heavy atom. The lowest BCUT2D eigenvalue weighted by molar-refractivity contribution is -0.154. The topological polar surface area (TPSA) is 47.0 Å². The molecule has 4 nitrogen and oxygen atoms in total. The van der Waals surface area contributed by atoms with Crippen LogP contribution in [0.15, 0.2) is 6.07 Å². The maximum atomic E-state index is 12.0. The molecule has 0 radical (unpaired) electrons. The molecule has 1 aromatic heterocycles. The van der Waals surface area contributed by atoms with Crippen molar-refractivity contribution in [2.24, 2.45) is 0 Å². The number of alkyl halides is 3. The van der Waals surface area contributed by atoms with Crippen LogP contribution in [-0.2, 0) is 0 Å². The van der Waals surface area contributed by atoms with Crippen LogP contribution in [0.25, 0.3) is 0 Å². The van der Waals surface area contributed by atoms with Crippen LogP contribution in [0.3, 0.4) is 0 Å². The molecule has 0 saturated carbocycles. The zero-order chi connectivity index (χ0) is 12.9. The standard InChI is InChI=1S/C10H14F3N3O/c1-3-4-14-9-15-7(2)5-8(16-9)17-6-10(11,12)13/h5H,3-4,6H2,1-2H3,(H,14,15,16). The SMILES string of the molecule is CCCNc1nc(C)cc(OCC(F)(F)F)n1. The molecule has 0 bridgehead atoms. The van der Waals surface area contributed by atoms with E-state index in [-0.39, 0.29) is 11.8 Å². The number of aromatic nitrogens is 2. The number of aryl methyl sites for hydroxylation is 1. The predicted octanol–water partition coefficient (Wildman–Crippen LogP) is 2.55. The van der Waals surface area contributed by atoms with Crippen molar-refractivity contribution in [2.75, 3.05) is 18.5 Å². The zero-order valence-corrected chi connectivity index (χ0v) is 9.64. The minimum Gasteiger partial charge on any atom is -0.468 e. The Hall–Kier alpha value is -1.53. The van der Waals surface area contributed by atoms with E-state index >= 15 is 0 Å². The molecule has 0 aliphatic rings. The molecule has 17 heavy (non-hydrogen) atoms. The van der Waals surface area contributed by atoms with Crippen LogP contribution in [0.1, 0.15) is 19.0 Å². The summed E-state index contributed by atoms with van der Waals surface area (Å²) in [6.45, 7) is 2.93. The molecule has 0 aromatic carbocycles. The highest BCUT2D eigenvalue weighted by Crippen LogP contribution is 2.18. The fraction of sp³-hybridized carbons (Fsp3) is 0.600. The summed E-state index contributed by atoms with van der Waals surface area (Å²) in [7, 11) is 0. The average Bonchev–Trinajstić information content (AvgIpc) is 2.22. The van der Waals surface area contributed by atoms with E-state index in [1.54, 1.807) is 6.92 Å². The van der Waals surface area contributed by atoms with E-state index in [9.17, 15) is 13.2 Å². The number of nitrogens with zero attached hydrogens (tertiary/aromatic N) is 2. The first-order valence-corrected chi connectivity index (χ1v) is 5.20. The van der Waals surface area contributed by atoms with Crippen molar-refractivity contribution < 1.29 is 17.9 Å². The second-order valence-corrected chi connectivity index (χ2v) is 3.50. The number of rotatable bonds is 5. The highest BCUT2D eigenvalue weighted by atomic mass is 19.4. The first-order valence-electron chi connectivity index (χ1n) is 5.20. The molecule has 1 N–H and O–H groups in total. The maximum Gasteiger partial charge on any atom is 0.422 e. The Balaban J connectivity index is 2.68. The Bertz CT molecular complexity index is 368. The first-order chi connectivity index (χ1) is 7.90. The van der Waals surface area contributed by atoms with Crippen molar-refractivity contribution >= 4 is 5.95 Å². The van der Waals surface area contributed by atoms with E-state index in [4.69, 9.17) is 0 Å². The maximum absolute atomic E-state index is 12.0. The third-order valence-electron chi connectivity index (χ3n) is 1.75. The molecule has 1 heterocycles. The summed E-state index contributed by atoms with van der Waals surface area (Å²) in [4.78, 5) is 7.86. The van der Waals surface area contributed by atoms with Crippen molar-refractivity contribution in [3.05, 3.63) is 11.8 Å². The molecule has 0 amide bonds. The minimum absolute atomic E-state index is 0.0755. The van der Waals surface area contributed by atoms with Gasteiger partial charge in [0.05, 0.1) is 0 Å². The van der Waals surface area contributed by atoms with Crippen LogP contribution in [0.2, 0.25) is 0 Å². The average molecular weight is 249 g/mol. The van der Waals surface area contributed by atoms with Gasteiger partial charge >= 0.3 is 6.18 Å².